The second kappa shape index (κ2) is 38.3. The Morgan fingerprint density at radius 2 is 0.649 bits per heavy atom. The highest BCUT2D eigenvalue weighted by molar-refractivity contribution is 7.99. The maximum absolute atomic E-state index is 8.40. The molecule has 1 atom stereocenters. The van der Waals surface area contributed by atoms with Crippen LogP contribution in [0.5, 0.6) is 11.5 Å². The van der Waals surface area contributed by atoms with E-state index in [-0.39, 0.29) is 27.6 Å². The lowest BCUT2D eigenvalue weighted by Crippen LogP contribution is -2.23. The number of nitrogens with zero attached hydrogens (tertiary/aromatic N) is 6. The van der Waals surface area contributed by atoms with Crippen LogP contribution in [0.4, 0.5) is 28.4 Å². The van der Waals surface area contributed by atoms with E-state index >= 15 is 0 Å². The standard InChI is InChI=1S/C15H14O.C15H14S.2C14H23N.2C10H15N.C8H11N.C3H9N/c2*1-15(2)11-7-3-5-9-13(11)16-14-10-6-4-8-12(14)15;2*1-10(2)12-8-7-9-13(11(3)4)14(12)15(5)6;2*1-8-6-5-7-9(2)10(8)11(3)4;1-9(2)8-6-4-3-5-7-8;1-4(2)3/h2*3-10H,1-2H3;2*7-11H,1-6H3;2*5-7H,1-4H3;3-7H,1-2H3;1-3H3/i;;1D3,2D3,3D3,10D,11D;;1D3;;;. The van der Waals surface area contributed by atoms with Gasteiger partial charge in [0, 0.05) is 150 Å². The van der Waals surface area contributed by atoms with Gasteiger partial charge in [0.1, 0.15) is 11.5 Å². The number of hydrogen-bond donors (Lipinski definition) is 0. The Bertz CT molecular complexity index is 4150. The van der Waals surface area contributed by atoms with Crippen LogP contribution in [0.25, 0.3) is 0 Å². The topological polar surface area (TPSA) is 28.7 Å². The zero-order valence-electron chi connectivity index (χ0n) is 77.2. The first-order valence-corrected chi connectivity index (χ1v) is 34.1. The van der Waals surface area contributed by atoms with Gasteiger partial charge in [-0.3, -0.25) is 0 Å². The molecule has 9 aromatic rings. The number of benzene rings is 9. The summed E-state index contributed by atoms with van der Waals surface area (Å²) in [5.41, 5.74) is 16.9. The molecule has 522 valence electrons. The zero-order chi connectivity index (χ0) is 84.5. The molecule has 0 amide bonds. The van der Waals surface area contributed by atoms with Crippen molar-refractivity contribution in [3.05, 3.63) is 267 Å². The Morgan fingerprint density at radius 1 is 0.340 bits per heavy atom. The summed E-state index contributed by atoms with van der Waals surface area (Å²) in [6.07, 6.45) is 0. The summed E-state index contributed by atoms with van der Waals surface area (Å²) in [6, 6.07) is 66.5. The van der Waals surface area contributed by atoms with Gasteiger partial charge in [-0.25, -0.2) is 0 Å². The average Bonchev–Trinajstić information content (AvgIpc) is 0.716. The van der Waals surface area contributed by atoms with Crippen molar-refractivity contribution in [2.75, 3.05) is 116 Å². The van der Waals surface area contributed by atoms with Crippen molar-refractivity contribution in [2.24, 2.45) is 0 Å². The van der Waals surface area contributed by atoms with Crippen LogP contribution in [0, 0.1) is 27.6 Å². The van der Waals surface area contributed by atoms with Crippen LogP contribution in [-0.2, 0) is 10.8 Å². The lowest BCUT2D eigenvalue weighted by atomic mass is 9.76. The van der Waals surface area contributed by atoms with Gasteiger partial charge in [-0.1, -0.05) is 258 Å². The smallest absolute Gasteiger partial charge is 0.131 e. The number of para-hydroxylation sites is 7. The minimum absolute atomic E-state index is 0.0193. The number of aryl methyl sites for hydroxylation is 4. The Balaban J connectivity index is 0.000000276. The van der Waals surface area contributed by atoms with Crippen LogP contribution >= 0.6 is 11.8 Å². The molecule has 0 spiro atoms. The molecule has 8 heteroatoms. The molecule has 0 radical (unpaired) electrons. The first kappa shape index (κ1) is 61.4. The number of anilines is 5. The molecule has 9 aromatic carbocycles. The minimum atomic E-state index is -3.21. The molecule has 0 fully saturated rings. The monoisotopic (exact) mass is 1340 g/mol. The summed E-state index contributed by atoms with van der Waals surface area (Å²) in [5, 5.41) is 0. The summed E-state index contributed by atoms with van der Waals surface area (Å²) >= 11 is 1.88. The van der Waals surface area contributed by atoms with Crippen molar-refractivity contribution in [2.45, 2.75) is 155 Å². The van der Waals surface area contributed by atoms with Gasteiger partial charge in [0.05, 0.1) is 0 Å². The van der Waals surface area contributed by atoms with Crippen LogP contribution in [0.15, 0.2) is 210 Å². The summed E-state index contributed by atoms with van der Waals surface area (Å²) in [4.78, 5) is 14.5. The molecule has 2 aliphatic heterocycles. The Hall–Kier alpha value is -7.91. The fourth-order valence-electron chi connectivity index (χ4n) is 11.9. The third-order valence-electron chi connectivity index (χ3n) is 16.5. The highest BCUT2D eigenvalue weighted by atomic mass is 32.2. The largest absolute Gasteiger partial charge is 0.457 e. The SMILES string of the molecule is CC(C)c1cccc(C(C)C)c1N(C)C.CC1(C)c2ccccc2Oc2ccccc21.CC1(C)c2ccccc2Sc2ccccc21.CN(C)C.CN(C)c1ccccc1.Cc1cccc(C)c1N(C)C.[2H]C([2H])([2H])C([2H])(C)c1cccc(C([2H])(C([2H])([2H])[2H])C([2H])([2H])[2H])c1N(C)C.[2H]C([2H])([2H])c1cccc(C)c1N(C)C. The van der Waals surface area contributed by atoms with Crippen molar-refractivity contribution in [1.82, 2.24) is 4.90 Å². The first-order chi connectivity index (χ1) is 51.1. The average molecular weight is 1340 g/mol. The van der Waals surface area contributed by atoms with Crippen LogP contribution in [0.3, 0.4) is 0 Å². The number of ether oxygens (including phenoxy) is 1. The van der Waals surface area contributed by atoms with Crippen molar-refractivity contribution in [1.29, 1.82) is 0 Å². The molecular formula is C89H124N6OS. The van der Waals surface area contributed by atoms with E-state index < -0.39 is 39.2 Å². The molecule has 0 saturated heterocycles. The molecule has 0 aliphatic carbocycles. The van der Waals surface area contributed by atoms with Gasteiger partial charge < -0.3 is 34.1 Å². The second-order valence-electron chi connectivity index (χ2n) is 27.6. The molecule has 0 aromatic heterocycles. The molecule has 0 bridgehead atoms. The van der Waals surface area contributed by atoms with E-state index in [9.17, 15) is 0 Å². The molecule has 97 heavy (non-hydrogen) atoms. The lowest BCUT2D eigenvalue weighted by Gasteiger charge is -2.34. The van der Waals surface area contributed by atoms with Crippen LogP contribution in [0.2, 0.25) is 0 Å². The summed E-state index contributed by atoms with van der Waals surface area (Å²) in [7, 11) is 25.2. The molecule has 0 saturated carbocycles. The van der Waals surface area contributed by atoms with Crippen molar-refractivity contribution < 1.29 is 23.9 Å². The number of rotatable bonds is 9. The zero-order valence-corrected chi connectivity index (χ0v) is 64.0. The fraction of sp³-hybridized carbons (Fsp3) is 0.393. The van der Waals surface area contributed by atoms with Crippen molar-refractivity contribution in [3.8, 4) is 11.5 Å². The molecule has 11 rings (SSSR count). The van der Waals surface area contributed by atoms with Crippen molar-refractivity contribution in [3.63, 3.8) is 0 Å². The van der Waals surface area contributed by atoms with Crippen molar-refractivity contribution >= 4 is 40.2 Å². The van der Waals surface area contributed by atoms with E-state index in [0.29, 0.717) is 17.4 Å². The predicted octanol–water partition coefficient (Wildman–Crippen LogP) is 23.3. The Kier molecular flexibility index (Phi) is 24.2. The first-order valence-electron chi connectivity index (χ1n) is 40.3. The highest BCUT2D eigenvalue weighted by Gasteiger charge is 2.34. The summed E-state index contributed by atoms with van der Waals surface area (Å²) < 4.78 is 114. The van der Waals surface area contributed by atoms with E-state index in [0.717, 1.165) is 29.7 Å². The maximum atomic E-state index is 8.40. The quantitative estimate of drug-likeness (QED) is 0.141. The highest BCUT2D eigenvalue weighted by Crippen LogP contribution is 2.49. The molecule has 1 unspecified atom stereocenters. The van der Waals surface area contributed by atoms with Gasteiger partial charge in [0.25, 0.3) is 0 Å². The molecular weight excluding hydrogens is 1200 g/mol. The Labute approximate surface area is 615 Å². The van der Waals surface area contributed by atoms with Gasteiger partial charge in [-0.2, -0.15) is 0 Å². The van der Waals surface area contributed by atoms with Gasteiger partial charge in [0.15, 0.2) is 0 Å². The number of hydrogen-bond acceptors (Lipinski definition) is 8. The van der Waals surface area contributed by atoms with Crippen LogP contribution in [0.1, 0.15) is 192 Å². The minimum Gasteiger partial charge on any atom is -0.457 e. The third kappa shape index (κ3) is 23.1. The molecule has 2 aliphatic rings. The normalized spacial score (nSPS) is 15.6. The molecule has 0 N–H and O–H groups in total. The van der Waals surface area contributed by atoms with E-state index in [1.807, 2.05) is 126 Å². The van der Waals surface area contributed by atoms with Gasteiger partial charge in [0.2, 0.25) is 0 Å². The predicted molar refractivity (Wildman–Crippen MR) is 433 cm³/mol. The Morgan fingerprint density at radius 3 is 0.990 bits per heavy atom. The second-order valence-corrected chi connectivity index (χ2v) is 28.7. The molecule has 2 heterocycles. The summed E-state index contributed by atoms with van der Waals surface area (Å²) in [5.74, 6) is -1.99. The third-order valence-corrected chi connectivity index (χ3v) is 17.6. The van der Waals surface area contributed by atoms with Gasteiger partial charge in [-0.15, -0.1) is 0 Å². The fourth-order valence-corrected chi connectivity index (χ4v) is 13.3. The molecule has 7 nitrogen and oxygen atoms in total. The van der Waals surface area contributed by atoms with Crippen LogP contribution in [-0.4, -0.2) is 96.5 Å². The van der Waals surface area contributed by atoms with Gasteiger partial charge >= 0.3 is 0 Å². The van der Waals surface area contributed by atoms with E-state index in [1.165, 1.54) is 109 Å². The van der Waals surface area contributed by atoms with E-state index in [2.05, 4.69) is 233 Å². The van der Waals surface area contributed by atoms with E-state index in [4.69, 9.17) is 23.9 Å². The van der Waals surface area contributed by atoms with E-state index in [1.54, 1.807) is 12.1 Å². The maximum Gasteiger partial charge on any atom is 0.131 e. The summed E-state index contributed by atoms with van der Waals surface area (Å²) in [6.45, 7) is 14.3. The lowest BCUT2D eigenvalue weighted by molar-refractivity contribution is 0.418. The van der Waals surface area contributed by atoms with Crippen LogP contribution < -0.4 is 29.2 Å². The van der Waals surface area contributed by atoms with Gasteiger partial charge in [-0.05, 0) is 164 Å². The number of fused-ring (bicyclic) bond motifs is 4.